The average Bonchev–Trinajstić information content (AvgIpc) is 2.96. The lowest BCUT2D eigenvalue weighted by molar-refractivity contribution is 0.163. The maximum absolute atomic E-state index is 6.19. The van der Waals surface area contributed by atoms with Crippen LogP contribution in [0.4, 0.5) is 0 Å². The van der Waals surface area contributed by atoms with Crippen LogP contribution in [0.5, 0.6) is 5.75 Å². The Hall–Kier alpha value is -1.39. The summed E-state index contributed by atoms with van der Waals surface area (Å²) in [7, 11) is 0. The summed E-state index contributed by atoms with van der Waals surface area (Å²) in [6, 6.07) is 6.34. The Kier molecular flexibility index (Phi) is 3.80. The highest BCUT2D eigenvalue weighted by molar-refractivity contribution is 7.13. The Labute approximate surface area is 117 Å². The molecule has 0 aliphatic carbocycles. The minimum Gasteiger partial charge on any atom is -0.490 e. The molecule has 1 N–H and O–H groups in total. The van der Waals surface area contributed by atoms with Gasteiger partial charge in [-0.1, -0.05) is 11.6 Å². The summed E-state index contributed by atoms with van der Waals surface area (Å²) in [4.78, 5) is 4.41. The summed E-state index contributed by atoms with van der Waals surface area (Å²) in [5, 5.41) is 6.40. The molecular weight excluding hydrogens is 256 g/mol. The Morgan fingerprint density at radius 2 is 2.16 bits per heavy atom. The molecule has 100 valence electrons. The average molecular weight is 274 g/mol. The number of aromatic nitrogens is 1. The number of hydrogen-bond donors (Lipinski definition) is 1. The molecule has 0 unspecified atom stereocenters. The Morgan fingerprint density at radius 1 is 1.32 bits per heavy atom. The van der Waals surface area contributed by atoms with E-state index < -0.39 is 0 Å². The summed E-state index contributed by atoms with van der Waals surface area (Å²) in [6.45, 7) is 4.19. The molecule has 1 aromatic carbocycles. The van der Waals surface area contributed by atoms with Crippen LogP contribution in [0.1, 0.15) is 18.4 Å². The van der Waals surface area contributed by atoms with Crippen LogP contribution in [0.3, 0.4) is 0 Å². The molecule has 19 heavy (non-hydrogen) atoms. The Bertz CT molecular complexity index is 533. The Balaban J connectivity index is 1.87. The molecule has 1 aromatic heterocycles. The Morgan fingerprint density at radius 3 is 2.89 bits per heavy atom. The molecule has 0 saturated carbocycles. The minimum atomic E-state index is 0.322. The van der Waals surface area contributed by atoms with E-state index in [9.17, 15) is 0 Å². The number of ether oxygens (including phenoxy) is 1. The van der Waals surface area contributed by atoms with Crippen molar-refractivity contribution >= 4 is 11.3 Å². The summed E-state index contributed by atoms with van der Waals surface area (Å²) in [5.74, 6) is 0.965. The normalized spacial score (nSPS) is 16.5. The monoisotopic (exact) mass is 274 g/mol. The van der Waals surface area contributed by atoms with E-state index >= 15 is 0 Å². The van der Waals surface area contributed by atoms with Gasteiger partial charge in [-0.15, -0.1) is 11.3 Å². The van der Waals surface area contributed by atoms with Gasteiger partial charge in [-0.2, -0.15) is 0 Å². The maximum atomic E-state index is 6.19. The fourth-order valence-corrected chi connectivity index (χ4v) is 3.02. The highest BCUT2D eigenvalue weighted by atomic mass is 32.1. The zero-order valence-electron chi connectivity index (χ0n) is 11.1. The number of rotatable bonds is 3. The van der Waals surface area contributed by atoms with Crippen molar-refractivity contribution in [1.29, 1.82) is 0 Å². The van der Waals surface area contributed by atoms with Gasteiger partial charge in [0.05, 0.1) is 5.56 Å². The van der Waals surface area contributed by atoms with E-state index in [2.05, 4.69) is 35.4 Å². The summed E-state index contributed by atoms with van der Waals surface area (Å²) in [5.41, 5.74) is 2.36. The molecule has 2 aromatic rings. The zero-order valence-corrected chi connectivity index (χ0v) is 11.9. The predicted octanol–water partition coefficient (Wildman–Crippen LogP) is 3.25. The van der Waals surface area contributed by atoms with Crippen molar-refractivity contribution in [2.75, 3.05) is 13.1 Å². The topological polar surface area (TPSA) is 34.1 Å². The quantitative estimate of drug-likeness (QED) is 0.933. The molecule has 1 fully saturated rings. The third-order valence-electron chi connectivity index (χ3n) is 3.38. The number of benzene rings is 1. The van der Waals surface area contributed by atoms with Crippen LogP contribution in [0.15, 0.2) is 29.8 Å². The molecule has 4 heteroatoms. The molecular formula is C15H18N2OS. The smallest absolute Gasteiger partial charge is 0.129 e. The van der Waals surface area contributed by atoms with Crippen molar-refractivity contribution in [2.24, 2.45) is 0 Å². The van der Waals surface area contributed by atoms with Gasteiger partial charge in [-0.3, -0.25) is 0 Å². The first-order chi connectivity index (χ1) is 9.33. The molecule has 0 spiro atoms. The van der Waals surface area contributed by atoms with Gasteiger partial charge in [0, 0.05) is 11.6 Å². The van der Waals surface area contributed by atoms with Crippen molar-refractivity contribution in [1.82, 2.24) is 10.3 Å². The second kappa shape index (κ2) is 5.72. The van der Waals surface area contributed by atoms with Crippen molar-refractivity contribution in [3.63, 3.8) is 0 Å². The van der Waals surface area contributed by atoms with Gasteiger partial charge in [0.15, 0.2) is 0 Å². The van der Waals surface area contributed by atoms with Gasteiger partial charge >= 0.3 is 0 Å². The van der Waals surface area contributed by atoms with Gasteiger partial charge in [0.2, 0.25) is 0 Å². The standard InChI is InChI=1S/C15H18N2OS/c1-11-2-3-14(18-12-4-6-16-7-5-12)13(10-11)15-17-8-9-19-15/h2-3,8-10,12,16H,4-7H2,1H3. The summed E-state index contributed by atoms with van der Waals surface area (Å²) >= 11 is 1.66. The van der Waals surface area contributed by atoms with Crippen molar-refractivity contribution in [3.8, 4) is 16.3 Å². The fraction of sp³-hybridized carbons (Fsp3) is 0.400. The van der Waals surface area contributed by atoms with E-state index in [1.54, 1.807) is 11.3 Å². The van der Waals surface area contributed by atoms with Gasteiger partial charge in [-0.25, -0.2) is 4.98 Å². The van der Waals surface area contributed by atoms with Crippen LogP contribution in [0, 0.1) is 6.92 Å². The molecule has 1 aliphatic heterocycles. The number of nitrogens with zero attached hydrogens (tertiary/aromatic N) is 1. The van der Waals surface area contributed by atoms with E-state index in [-0.39, 0.29) is 0 Å². The summed E-state index contributed by atoms with van der Waals surface area (Å²) in [6.07, 6.45) is 4.31. The van der Waals surface area contributed by atoms with Gasteiger partial charge in [0.1, 0.15) is 16.9 Å². The third-order valence-corrected chi connectivity index (χ3v) is 4.18. The molecule has 3 rings (SSSR count). The van der Waals surface area contributed by atoms with Crippen molar-refractivity contribution in [2.45, 2.75) is 25.9 Å². The molecule has 0 bridgehead atoms. The fourth-order valence-electron chi connectivity index (χ4n) is 2.36. The van der Waals surface area contributed by atoms with Gasteiger partial charge in [0.25, 0.3) is 0 Å². The number of nitrogens with one attached hydrogen (secondary N) is 1. The van der Waals surface area contributed by atoms with E-state index in [1.807, 2.05) is 11.6 Å². The third kappa shape index (κ3) is 2.96. The molecule has 0 amide bonds. The first-order valence-corrected chi connectivity index (χ1v) is 7.59. The van der Waals surface area contributed by atoms with Crippen LogP contribution in [-0.4, -0.2) is 24.2 Å². The SMILES string of the molecule is Cc1ccc(OC2CCNCC2)c(-c2nccs2)c1. The largest absolute Gasteiger partial charge is 0.490 e. The number of aryl methyl sites for hydroxylation is 1. The zero-order chi connectivity index (χ0) is 13.1. The molecule has 1 saturated heterocycles. The minimum absolute atomic E-state index is 0.322. The lowest BCUT2D eigenvalue weighted by Crippen LogP contribution is -2.34. The first-order valence-electron chi connectivity index (χ1n) is 6.71. The van der Waals surface area contributed by atoms with Crippen molar-refractivity contribution in [3.05, 3.63) is 35.3 Å². The van der Waals surface area contributed by atoms with Gasteiger partial charge in [-0.05, 0) is 45.0 Å². The molecule has 3 nitrogen and oxygen atoms in total. The maximum Gasteiger partial charge on any atom is 0.129 e. The van der Waals surface area contributed by atoms with Crippen molar-refractivity contribution < 1.29 is 4.74 Å². The highest BCUT2D eigenvalue weighted by Gasteiger charge is 2.17. The summed E-state index contributed by atoms with van der Waals surface area (Å²) < 4.78 is 6.19. The van der Waals surface area contributed by atoms with Crippen LogP contribution >= 0.6 is 11.3 Å². The predicted molar refractivity (Wildman–Crippen MR) is 78.8 cm³/mol. The van der Waals surface area contributed by atoms with E-state index in [1.165, 1.54) is 5.56 Å². The van der Waals surface area contributed by atoms with Gasteiger partial charge < -0.3 is 10.1 Å². The van der Waals surface area contributed by atoms with Crippen LogP contribution in [-0.2, 0) is 0 Å². The molecule has 2 heterocycles. The van der Waals surface area contributed by atoms with E-state index in [0.717, 1.165) is 42.3 Å². The van der Waals surface area contributed by atoms with Crippen LogP contribution < -0.4 is 10.1 Å². The lowest BCUT2D eigenvalue weighted by atomic mass is 10.1. The molecule has 0 radical (unpaired) electrons. The lowest BCUT2D eigenvalue weighted by Gasteiger charge is -2.24. The number of thiazole rings is 1. The van der Waals surface area contributed by atoms with E-state index in [0.29, 0.717) is 6.10 Å². The highest BCUT2D eigenvalue weighted by Crippen LogP contribution is 2.33. The van der Waals surface area contributed by atoms with Crippen LogP contribution in [0.25, 0.3) is 10.6 Å². The number of hydrogen-bond acceptors (Lipinski definition) is 4. The van der Waals surface area contributed by atoms with E-state index in [4.69, 9.17) is 4.74 Å². The number of piperidine rings is 1. The molecule has 1 aliphatic rings. The molecule has 0 atom stereocenters. The van der Waals surface area contributed by atoms with Crippen LogP contribution in [0.2, 0.25) is 0 Å². The first kappa shape index (κ1) is 12.6. The second-order valence-electron chi connectivity index (χ2n) is 4.90. The second-order valence-corrected chi connectivity index (χ2v) is 5.80.